The Morgan fingerprint density at radius 1 is 1.00 bits per heavy atom. The molecule has 0 bridgehead atoms. The van der Waals surface area contributed by atoms with Crippen molar-refractivity contribution in [3.8, 4) is 0 Å². The van der Waals surface area contributed by atoms with E-state index in [1.807, 2.05) is 0 Å². The van der Waals surface area contributed by atoms with Crippen LogP contribution in [0.2, 0.25) is 0 Å². The number of carbonyl (C=O) groups is 4. The first-order valence-electron chi connectivity index (χ1n) is 9.65. The Morgan fingerprint density at radius 2 is 1.63 bits per heavy atom. The van der Waals surface area contributed by atoms with Crippen LogP contribution in [-0.2, 0) is 9.53 Å². The summed E-state index contributed by atoms with van der Waals surface area (Å²) in [7, 11) is 0. The molecule has 0 saturated carbocycles. The van der Waals surface area contributed by atoms with Crippen molar-refractivity contribution in [2.24, 2.45) is 5.92 Å². The lowest BCUT2D eigenvalue weighted by molar-refractivity contribution is -0.119. The van der Waals surface area contributed by atoms with E-state index in [1.165, 1.54) is 0 Å². The first kappa shape index (κ1) is 21.0. The molecule has 2 aromatic carbocycles. The van der Waals surface area contributed by atoms with Crippen LogP contribution in [0.1, 0.15) is 41.5 Å². The number of rotatable bonds is 6. The molecule has 8 heteroatoms. The largest absolute Gasteiger partial charge is 0.450 e. The quantitative estimate of drug-likeness (QED) is 0.713. The lowest BCUT2D eigenvalue weighted by Gasteiger charge is -2.22. The Bertz CT molecular complexity index is 967. The number of anilines is 2. The number of alkyl carbamates (subject to hydrolysis) is 1. The number of nitrogens with one attached hydrogen (secondary N) is 2. The number of amides is 4. The van der Waals surface area contributed by atoms with Gasteiger partial charge in [-0.2, -0.15) is 0 Å². The van der Waals surface area contributed by atoms with Gasteiger partial charge in [0.2, 0.25) is 5.91 Å². The number of fused-ring (bicyclic) bond motifs is 1. The van der Waals surface area contributed by atoms with Gasteiger partial charge in [-0.25, -0.2) is 9.69 Å². The van der Waals surface area contributed by atoms with E-state index < -0.39 is 29.9 Å². The monoisotopic (exact) mass is 409 g/mol. The molecule has 0 saturated heterocycles. The lowest BCUT2D eigenvalue weighted by atomic mass is 10.0. The van der Waals surface area contributed by atoms with Crippen LogP contribution in [0.4, 0.5) is 16.2 Å². The third-order valence-electron chi connectivity index (χ3n) is 4.66. The molecule has 1 aliphatic rings. The maximum absolute atomic E-state index is 12.7. The van der Waals surface area contributed by atoms with E-state index in [2.05, 4.69) is 10.6 Å². The van der Waals surface area contributed by atoms with Gasteiger partial charge in [0.25, 0.3) is 11.8 Å². The highest BCUT2D eigenvalue weighted by atomic mass is 16.5. The molecule has 30 heavy (non-hydrogen) atoms. The zero-order valence-corrected chi connectivity index (χ0v) is 17.0. The lowest BCUT2D eigenvalue weighted by Crippen LogP contribution is -2.47. The van der Waals surface area contributed by atoms with E-state index in [9.17, 15) is 19.2 Å². The van der Waals surface area contributed by atoms with E-state index in [1.54, 1.807) is 69.3 Å². The zero-order chi connectivity index (χ0) is 21.8. The molecule has 0 radical (unpaired) electrons. The molecular weight excluding hydrogens is 386 g/mol. The van der Waals surface area contributed by atoms with Crippen LogP contribution in [0.5, 0.6) is 0 Å². The van der Waals surface area contributed by atoms with Crippen molar-refractivity contribution in [1.82, 2.24) is 5.32 Å². The fourth-order valence-electron chi connectivity index (χ4n) is 3.20. The molecule has 4 amide bonds. The van der Waals surface area contributed by atoms with Crippen molar-refractivity contribution in [3.63, 3.8) is 0 Å². The van der Waals surface area contributed by atoms with Gasteiger partial charge in [0.1, 0.15) is 6.04 Å². The van der Waals surface area contributed by atoms with Crippen molar-refractivity contribution < 1.29 is 23.9 Å². The van der Waals surface area contributed by atoms with E-state index in [0.29, 0.717) is 22.5 Å². The highest BCUT2D eigenvalue weighted by molar-refractivity contribution is 6.34. The fraction of sp³-hybridized carbons (Fsp3) is 0.273. The van der Waals surface area contributed by atoms with Crippen LogP contribution in [0.25, 0.3) is 0 Å². The average Bonchev–Trinajstić information content (AvgIpc) is 2.97. The number of hydrogen-bond acceptors (Lipinski definition) is 5. The molecule has 1 atom stereocenters. The number of ether oxygens (including phenoxy) is 1. The van der Waals surface area contributed by atoms with E-state index in [0.717, 1.165) is 4.90 Å². The summed E-state index contributed by atoms with van der Waals surface area (Å²) in [4.78, 5) is 50.9. The summed E-state index contributed by atoms with van der Waals surface area (Å²) in [5.74, 6) is -1.45. The van der Waals surface area contributed by atoms with Crippen LogP contribution in [0.15, 0.2) is 48.5 Å². The molecule has 2 N–H and O–H groups in total. The van der Waals surface area contributed by atoms with E-state index in [4.69, 9.17) is 4.74 Å². The van der Waals surface area contributed by atoms with Crippen LogP contribution in [0, 0.1) is 5.92 Å². The first-order valence-corrected chi connectivity index (χ1v) is 9.65. The van der Waals surface area contributed by atoms with Gasteiger partial charge in [-0.3, -0.25) is 14.4 Å². The zero-order valence-electron chi connectivity index (χ0n) is 17.0. The molecule has 2 aromatic rings. The van der Waals surface area contributed by atoms with Gasteiger partial charge in [-0.15, -0.1) is 0 Å². The van der Waals surface area contributed by atoms with Gasteiger partial charge in [0, 0.05) is 5.69 Å². The second-order valence-corrected chi connectivity index (χ2v) is 7.12. The predicted molar refractivity (Wildman–Crippen MR) is 111 cm³/mol. The van der Waals surface area contributed by atoms with Gasteiger partial charge in [0.15, 0.2) is 0 Å². The van der Waals surface area contributed by atoms with Gasteiger partial charge >= 0.3 is 6.09 Å². The molecule has 1 heterocycles. The molecule has 1 aliphatic heterocycles. The maximum atomic E-state index is 12.7. The molecule has 156 valence electrons. The van der Waals surface area contributed by atoms with Crippen LogP contribution < -0.4 is 15.5 Å². The highest BCUT2D eigenvalue weighted by Gasteiger charge is 2.36. The Morgan fingerprint density at radius 3 is 2.20 bits per heavy atom. The first-order chi connectivity index (χ1) is 14.3. The van der Waals surface area contributed by atoms with Gasteiger partial charge in [-0.1, -0.05) is 32.0 Å². The molecule has 0 fully saturated rings. The molecule has 1 unspecified atom stereocenters. The number of carbonyl (C=O) groups excluding carboxylic acids is 4. The minimum Gasteiger partial charge on any atom is -0.450 e. The summed E-state index contributed by atoms with van der Waals surface area (Å²) in [5, 5.41) is 5.27. The summed E-state index contributed by atoms with van der Waals surface area (Å²) in [6.07, 6.45) is -0.675. The Balaban J connectivity index is 1.79. The topological polar surface area (TPSA) is 105 Å². The molecule has 0 aromatic heterocycles. The second kappa shape index (κ2) is 8.77. The van der Waals surface area contributed by atoms with Crippen LogP contribution >= 0.6 is 0 Å². The number of imide groups is 1. The van der Waals surface area contributed by atoms with Crippen molar-refractivity contribution in [1.29, 1.82) is 0 Å². The summed E-state index contributed by atoms with van der Waals surface area (Å²) in [6.45, 7) is 5.46. The molecule has 8 nitrogen and oxygen atoms in total. The minimum atomic E-state index is -0.813. The third-order valence-corrected chi connectivity index (χ3v) is 4.66. The van der Waals surface area contributed by atoms with E-state index >= 15 is 0 Å². The van der Waals surface area contributed by atoms with Crippen LogP contribution in [-0.4, -0.2) is 36.5 Å². The standard InChI is InChI=1S/C22H23N3O5/c1-4-30-22(29)24-18(13(2)3)19(26)23-14-8-7-9-15(12-14)25-20(27)16-10-5-6-11-17(16)21(25)28/h5-13,18H,4H2,1-3H3,(H,23,26)(H,24,29). The molecular formula is C22H23N3O5. The smallest absolute Gasteiger partial charge is 0.407 e. The predicted octanol–water partition coefficient (Wildman–Crippen LogP) is 3.20. The number of nitrogens with zero attached hydrogens (tertiary/aromatic N) is 1. The summed E-state index contributed by atoms with van der Waals surface area (Å²) >= 11 is 0. The molecule has 0 spiro atoms. The minimum absolute atomic E-state index is 0.186. The Kier molecular flexibility index (Phi) is 6.15. The van der Waals surface area contributed by atoms with Gasteiger partial charge in [-0.05, 0) is 43.2 Å². The summed E-state index contributed by atoms with van der Waals surface area (Å²) < 4.78 is 4.85. The summed E-state index contributed by atoms with van der Waals surface area (Å²) in [6, 6.07) is 12.2. The average molecular weight is 409 g/mol. The third kappa shape index (κ3) is 4.17. The highest BCUT2D eigenvalue weighted by Crippen LogP contribution is 2.29. The van der Waals surface area contributed by atoms with Gasteiger partial charge < -0.3 is 15.4 Å². The van der Waals surface area contributed by atoms with Crippen LogP contribution in [0.3, 0.4) is 0 Å². The van der Waals surface area contributed by atoms with Crippen molar-refractivity contribution >= 4 is 35.2 Å². The second-order valence-electron chi connectivity index (χ2n) is 7.12. The molecule has 0 aliphatic carbocycles. The molecule has 3 rings (SSSR count). The van der Waals surface area contributed by atoms with Crippen molar-refractivity contribution in [3.05, 3.63) is 59.7 Å². The fourth-order valence-corrected chi connectivity index (χ4v) is 3.20. The maximum Gasteiger partial charge on any atom is 0.407 e. The summed E-state index contributed by atoms with van der Waals surface area (Å²) in [5.41, 5.74) is 1.43. The normalized spacial score (nSPS) is 13.8. The SMILES string of the molecule is CCOC(=O)NC(C(=O)Nc1cccc(N2C(=O)c3ccccc3C2=O)c1)C(C)C. The number of hydrogen-bond donors (Lipinski definition) is 2. The Hall–Kier alpha value is -3.68. The van der Waals surface area contributed by atoms with Crippen molar-refractivity contribution in [2.45, 2.75) is 26.8 Å². The van der Waals surface area contributed by atoms with E-state index in [-0.39, 0.29) is 12.5 Å². The number of benzene rings is 2. The van der Waals surface area contributed by atoms with Gasteiger partial charge in [0.05, 0.1) is 23.4 Å². The Labute approximate surface area is 174 Å². The van der Waals surface area contributed by atoms with Crippen molar-refractivity contribution in [2.75, 3.05) is 16.8 Å².